The van der Waals surface area contributed by atoms with Crippen LogP contribution in [-0.2, 0) is 15.8 Å². The van der Waals surface area contributed by atoms with Crippen LogP contribution in [0.15, 0.2) is 30.5 Å². The first kappa shape index (κ1) is 24.0. The fraction of sp³-hybridized carbons (Fsp3) is 0.389. The van der Waals surface area contributed by atoms with Crippen molar-refractivity contribution in [3.05, 3.63) is 46.3 Å². The number of fused-ring (bicyclic) bond motifs is 1. The first-order chi connectivity index (χ1) is 15.4. The van der Waals surface area contributed by atoms with Crippen LogP contribution in [-0.4, -0.2) is 53.0 Å². The van der Waals surface area contributed by atoms with Crippen LogP contribution in [0.2, 0.25) is 10.3 Å². The van der Waals surface area contributed by atoms with Gasteiger partial charge >= 0.3 is 0 Å². The normalized spacial score (nSPS) is 19.7. The van der Waals surface area contributed by atoms with E-state index in [2.05, 4.69) is 20.4 Å². The molecule has 0 aliphatic carbocycles. The lowest BCUT2D eigenvalue weighted by molar-refractivity contribution is -0.0213. The molecular formula is C18H21Cl2N5O5P2. The molecule has 0 saturated carbocycles. The van der Waals surface area contributed by atoms with Crippen LogP contribution in [0.5, 0.6) is 0 Å². The largest absolute Gasteiger partial charge is 0.365 e. The molecule has 14 heteroatoms. The molecule has 2 aromatic heterocycles. The van der Waals surface area contributed by atoms with Crippen LogP contribution < -0.4 is 5.32 Å². The third-order valence-corrected chi connectivity index (χ3v) is 7.81. The van der Waals surface area contributed by atoms with Crippen molar-refractivity contribution < 1.29 is 23.9 Å². The number of rotatable bonds is 9. The van der Waals surface area contributed by atoms with Crippen LogP contribution >= 0.6 is 40.0 Å². The van der Waals surface area contributed by atoms with Gasteiger partial charge in [-0.05, 0) is 36.1 Å². The SMILES string of the molecule is OP(O)CP(O)OCC1CCC(n2ncc3c(NCc4ccccc4Cl)nc(Cl)nc32)O1. The smallest absolute Gasteiger partial charge is 0.226 e. The molecule has 172 valence electrons. The predicted molar refractivity (Wildman–Crippen MR) is 124 cm³/mol. The van der Waals surface area contributed by atoms with Gasteiger partial charge in [0.25, 0.3) is 0 Å². The van der Waals surface area contributed by atoms with Crippen molar-refractivity contribution in [3.8, 4) is 0 Å². The maximum absolute atomic E-state index is 9.70. The molecule has 0 bridgehead atoms. The Kier molecular flexibility index (Phi) is 8.10. The molecule has 4 rings (SSSR count). The van der Waals surface area contributed by atoms with Gasteiger partial charge in [-0.25, -0.2) is 4.68 Å². The highest BCUT2D eigenvalue weighted by molar-refractivity contribution is 7.63. The predicted octanol–water partition coefficient (Wildman–Crippen LogP) is 4.00. The summed E-state index contributed by atoms with van der Waals surface area (Å²) < 4.78 is 13.0. The Bertz CT molecular complexity index is 1080. The molecule has 1 aliphatic rings. The quantitative estimate of drug-likeness (QED) is 0.244. The molecule has 1 aromatic carbocycles. The minimum absolute atomic E-state index is 0.0780. The molecule has 1 fully saturated rings. The molecule has 3 heterocycles. The summed E-state index contributed by atoms with van der Waals surface area (Å²) in [7, 11) is -4.08. The van der Waals surface area contributed by atoms with E-state index >= 15 is 0 Å². The van der Waals surface area contributed by atoms with E-state index in [4.69, 9.17) is 42.2 Å². The number of nitrogens with one attached hydrogen (secondary N) is 1. The molecule has 0 spiro atoms. The summed E-state index contributed by atoms with van der Waals surface area (Å²) in [5, 5.41) is 9.11. The molecule has 4 N–H and O–H groups in total. The fourth-order valence-corrected chi connectivity index (χ4v) is 5.27. The van der Waals surface area contributed by atoms with Crippen molar-refractivity contribution in [2.75, 3.05) is 17.8 Å². The van der Waals surface area contributed by atoms with Gasteiger partial charge in [0, 0.05) is 11.6 Å². The molecule has 0 amide bonds. The number of halogens is 2. The van der Waals surface area contributed by atoms with Crippen LogP contribution in [0.3, 0.4) is 0 Å². The zero-order valence-corrected chi connectivity index (χ0v) is 20.0. The van der Waals surface area contributed by atoms with E-state index in [1.807, 2.05) is 24.3 Å². The highest BCUT2D eigenvalue weighted by Crippen LogP contribution is 2.44. The van der Waals surface area contributed by atoms with E-state index in [0.717, 1.165) is 5.56 Å². The standard InChI is InChI=1S/C18H21Cl2N5O5P2/c19-14-4-2-1-3-11(14)7-21-16-13-8-22-25(17(13)24-18(20)23-16)15-6-5-12(30-15)9-29-32(28)10-31(26)27/h1-4,8,12,15,26-28H,5-7,9-10H2,(H,21,23,24). The molecule has 3 atom stereocenters. The number of nitrogens with zero attached hydrogens (tertiary/aromatic N) is 4. The molecule has 10 nitrogen and oxygen atoms in total. The van der Waals surface area contributed by atoms with Crippen molar-refractivity contribution in [1.29, 1.82) is 0 Å². The molecule has 3 unspecified atom stereocenters. The van der Waals surface area contributed by atoms with E-state index in [-0.39, 0.29) is 30.1 Å². The topological polar surface area (TPSA) is 135 Å². The monoisotopic (exact) mass is 519 g/mol. The van der Waals surface area contributed by atoms with Crippen LogP contribution in [0.4, 0.5) is 5.82 Å². The Morgan fingerprint density at radius 1 is 1.19 bits per heavy atom. The molecule has 1 aliphatic heterocycles. The number of aromatic nitrogens is 4. The van der Waals surface area contributed by atoms with Gasteiger partial charge in [-0.3, -0.25) is 0 Å². The third-order valence-electron chi connectivity index (χ3n) is 4.85. The second kappa shape index (κ2) is 10.8. The summed E-state index contributed by atoms with van der Waals surface area (Å²) in [5.41, 5.74) is 1.46. The molecular weight excluding hydrogens is 499 g/mol. The van der Waals surface area contributed by atoms with Crippen LogP contribution in [0, 0.1) is 0 Å². The highest BCUT2D eigenvalue weighted by Gasteiger charge is 2.30. The fourth-order valence-electron chi connectivity index (χ4n) is 3.37. The number of hydrogen-bond acceptors (Lipinski definition) is 9. The van der Waals surface area contributed by atoms with Gasteiger partial charge in [0.1, 0.15) is 5.82 Å². The van der Waals surface area contributed by atoms with Crippen molar-refractivity contribution in [2.45, 2.75) is 31.7 Å². The van der Waals surface area contributed by atoms with Crippen molar-refractivity contribution in [1.82, 2.24) is 19.7 Å². The van der Waals surface area contributed by atoms with Gasteiger partial charge in [-0.1, -0.05) is 29.8 Å². The van der Waals surface area contributed by atoms with Gasteiger partial charge in [0.15, 0.2) is 28.6 Å². The maximum atomic E-state index is 9.70. The number of anilines is 1. The Labute approximate surface area is 196 Å². The summed E-state index contributed by atoms with van der Waals surface area (Å²) >= 11 is 12.4. The van der Waals surface area contributed by atoms with E-state index in [0.29, 0.717) is 41.3 Å². The minimum atomic E-state index is -2.19. The first-order valence-corrected chi connectivity index (χ1v) is 13.3. The van der Waals surface area contributed by atoms with Crippen molar-refractivity contribution in [2.24, 2.45) is 0 Å². The third kappa shape index (κ3) is 5.83. The number of hydrogen-bond donors (Lipinski definition) is 4. The van der Waals surface area contributed by atoms with E-state index < -0.39 is 16.8 Å². The summed E-state index contributed by atoms with van der Waals surface area (Å²) in [4.78, 5) is 36.3. The van der Waals surface area contributed by atoms with Crippen LogP contribution in [0.25, 0.3) is 11.0 Å². The molecule has 0 radical (unpaired) electrons. The number of ether oxygens (including phenoxy) is 1. The van der Waals surface area contributed by atoms with E-state index in [9.17, 15) is 4.89 Å². The lowest BCUT2D eigenvalue weighted by atomic mass is 10.2. The van der Waals surface area contributed by atoms with Crippen molar-refractivity contribution >= 4 is 56.8 Å². The summed E-state index contributed by atoms with van der Waals surface area (Å²) in [5.74, 6) is 0.378. The van der Waals surface area contributed by atoms with E-state index in [1.165, 1.54) is 0 Å². The zero-order chi connectivity index (χ0) is 22.7. The summed E-state index contributed by atoms with van der Waals surface area (Å²) in [6.45, 7) is 0.613. The lowest BCUT2D eigenvalue weighted by Crippen LogP contribution is -2.17. The second-order valence-electron chi connectivity index (χ2n) is 7.06. The second-order valence-corrected chi connectivity index (χ2v) is 10.6. The average molecular weight is 520 g/mol. The van der Waals surface area contributed by atoms with Gasteiger partial charge in [-0.15, -0.1) is 0 Å². The Balaban J connectivity index is 1.45. The Morgan fingerprint density at radius 3 is 2.78 bits per heavy atom. The minimum Gasteiger partial charge on any atom is -0.365 e. The molecule has 3 aromatic rings. The van der Waals surface area contributed by atoms with E-state index in [1.54, 1.807) is 10.9 Å². The van der Waals surface area contributed by atoms with Crippen LogP contribution in [0.1, 0.15) is 24.6 Å². The lowest BCUT2D eigenvalue weighted by Gasteiger charge is -2.17. The van der Waals surface area contributed by atoms with Gasteiger partial charge in [-0.2, -0.15) is 15.1 Å². The Morgan fingerprint density at radius 2 is 2.00 bits per heavy atom. The van der Waals surface area contributed by atoms with Crippen molar-refractivity contribution in [3.63, 3.8) is 0 Å². The van der Waals surface area contributed by atoms with Gasteiger partial charge in [0.05, 0.1) is 30.2 Å². The van der Waals surface area contributed by atoms with Gasteiger partial charge in [0.2, 0.25) is 5.28 Å². The zero-order valence-electron chi connectivity index (χ0n) is 16.7. The summed E-state index contributed by atoms with van der Waals surface area (Å²) in [6.07, 6.45) is 2.39. The highest BCUT2D eigenvalue weighted by atomic mass is 35.5. The first-order valence-electron chi connectivity index (χ1n) is 9.69. The molecule has 32 heavy (non-hydrogen) atoms. The Hall–Kier alpha value is -1.19. The maximum Gasteiger partial charge on any atom is 0.226 e. The van der Waals surface area contributed by atoms with Gasteiger partial charge < -0.3 is 29.3 Å². The molecule has 1 saturated heterocycles. The summed E-state index contributed by atoms with van der Waals surface area (Å²) in [6, 6.07) is 7.53. The average Bonchev–Trinajstić information content (AvgIpc) is 3.37. The number of benzene rings is 1.